The highest BCUT2D eigenvalue weighted by molar-refractivity contribution is 7.61. The number of aliphatic hydroxyl groups excluding tert-OH is 5. The molecule has 3 rings (SSSR count). The Morgan fingerprint density at radius 2 is 1.66 bits per heavy atom. The number of hydrogen-bond donors (Lipinski definition) is 8. The van der Waals surface area contributed by atoms with Crippen molar-refractivity contribution in [3.63, 3.8) is 0 Å². The van der Waals surface area contributed by atoms with Crippen molar-refractivity contribution >= 4 is 15.6 Å². The molecule has 0 amide bonds. The fraction of sp³-hybridized carbons (Fsp3) is 0.733. The average Bonchev–Trinajstić information content (AvgIpc) is 3.10. The Morgan fingerprint density at radius 3 is 2.29 bits per heavy atom. The highest BCUT2D eigenvalue weighted by atomic mass is 31.3. The third kappa shape index (κ3) is 7.13. The molecule has 8 N–H and O–H groups in total. The van der Waals surface area contributed by atoms with Crippen molar-refractivity contribution in [3.05, 3.63) is 43.5 Å². The second kappa shape index (κ2) is 12.0. The molecule has 2 fully saturated rings. The number of phosphoric ester groups is 2. The molecular weight excluding hydrogens is 568 g/mol. The minimum Gasteiger partial charge on any atom is -0.388 e. The fourth-order valence-corrected chi connectivity index (χ4v) is 5.63. The van der Waals surface area contributed by atoms with Gasteiger partial charge in [-0.1, -0.05) is 5.11 Å². The van der Waals surface area contributed by atoms with Gasteiger partial charge in [0.15, 0.2) is 12.5 Å². The van der Waals surface area contributed by atoms with E-state index in [1.165, 1.54) is 0 Å². The van der Waals surface area contributed by atoms with Crippen molar-refractivity contribution in [3.8, 4) is 0 Å². The number of nitrogens with zero attached hydrogens (tertiary/aromatic N) is 4. The molecule has 3 heterocycles. The normalized spacial score (nSPS) is 36.7. The number of aliphatic hydroxyl groups is 5. The summed E-state index contributed by atoms with van der Waals surface area (Å²) in [5, 5.41) is 53.1. The highest BCUT2D eigenvalue weighted by Gasteiger charge is 2.49. The Kier molecular flexibility index (Phi) is 9.64. The van der Waals surface area contributed by atoms with Gasteiger partial charge in [-0.2, -0.15) is 4.31 Å². The summed E-state index contributed by atoms with van der Waals surface area (Å²) in [5.74, 6) is 0. The molecule has 2 aliphatic rings. The van der Waals surface area contributed by atoms with Crippen molar-refractivity contribution in [1.29, 1.82) is 0 Å². The summed E-state index contributed by atoms with van der Waals surface area (Å²) in [7, 11) is -11.1. The van der Waals surface area contributed by atoms with Crippen LogP contribution < -0.4 is 11.2 Å². The first-order chi connectivity index (χ1) is 17.7. The van der Waals surface area contributed by atoms with Crippen molar-refractivity contribution < 1.29 is 67.3 Å². The third-order valence-corrected chi connectivity index (χ3v) is 7.90. The molecule has 214 valence electrons. The first-order valence-corrected chi connectivity index (χ1v) is 13.4. The zero-order valence-corrected chi connectivity index (χ0v) is 20.5. The SMILES string of the molecule is [N-]=[N+]=NCC1O[C@H](OP(=O)(O)OP(=O)(O)OC[C@H]2O[C@@H](n3ccc(=O)[nH]c3=O)C(O)[C@H]2O)[C@@H](O)C(O)[C@@H]1O. The first kappa shape index (κ1) is 30.5. The lowest BCUT2D eigenvalue weighted by atomic mass is 9.99. The lowest BCUT2D eigenvalue weighted by Crippen LogP contribution is -2.58. The minimum absolute atomic E-state index is 0.596. The molecule has 0 bridgehead atoms. The lowest BCUT2D eigenvalue weighted by Gasteiger charge is -2.39. The molecule has 21 nitrogen and oxygen atoms in total. The monoisotopic (exact) mass is 591 g/mol. The van der Waals surface area contributed by atoms with Crippen molar-refractivity contribution in [2.24, 2.45) is 5.11 Å². The maximum absolute atomic E-state index is 12.3. The molecule has 0 spiro atoms. The van der Waals surface area contributed by atoms with E-state index in [0.29, 0.717) is 0 Å². The van der Waals surface area contributed by atoms with Gasteiger partial charge in [0, 0.05) is 17.2 Å². The van der Waals surface area contributed by atoms with Gasteiger partial charge in [-0.15, -0.1) is 0 Å². The summed E-state index contributed by atoms with van der Waals surface area (Å²) in [5.41, 5.74) is 6.61. The number of ether oxygens (including phenoxy) is 2. The largest absolute Gasteiger partial charge is 0.483 e. The van der Waals surface area contributed by atoms with Gasteiger partial charge in [-0.25, -0.2) is 13.9 Å². The summed E-state index contributed by atoms with van der Waals surface area (Å²) in [6.07, 6.45) is -15.5. The second-order valence-electron chi connectivity index (χ2n) is 7.91. The van der Waals surface area contributed by atoms with Gasteiger partial charge in [0.05, 0.1) is 19.3 Å². The van der Waals surface area contributed by atoms with E-state index >= 15 is 0 Å². The van der Waals surface area contributed by atoms with Crippen LogP contribution in [0.4, 0.5) is 0 Å². The van der Waals surface area contributed by atoms with E-state index in [2.05, 4.69) is 23.4 Å². The number of H-pyrrole nitrogens is 1. The van der Waals surface area contributed by atoms with E-state index < -0.39 is 95.3 Å². The lowest BCUT2D eigenvalue weighted by molar-refractivity contribution is -0.272. The number of rotatable bonds is 10. The van der Waals surface area contributed by atoms with Crippen LogP contribution in [0.15, 0.2) is 27.0 Å². The van der Waals surface area contributed by atoms with Crippen LogP contribution in [0.1, 0.15) is 6.23 Å². The van der Waals surface area contributed by atoms with Crippen molar-refractivity contribution in [2.75, 3.05) is 13.2 Å². The zero-order chi connectivity index (χ0) is 28.4. The minimum atomic E-state index is -5.63. The Bertz CT molecular complexity index is 1250. The van der Waals surface area contributed by atoms with E-state index in [1.807, 2.05) is 4.98 Å². The van der Waals surface area contributed by atoms with Crippen LogP contribution in [0, 0.1) is 0 Å². The Labute approximate surface area is 210 Å². The van der Waals surface area contributed by atoms with Gasteiger partial charge in [-0.05, 0) is 5.53 Å². The molecule has 0 saturated carbocycles. The maximum atomic E-state index is 12.3. The van der Waals surface area contributed by atoms with Crippen molar-refractivity contribution in [2.45, 2.75) is 55.2 Å². The molecule has 0 aromatic carbocycles. The zero-order valence-electron chi connectivity index (χ0n) is 18.8. The van der Waals surface area contributed by atoms with Crippen LogP contribution in [-0.4, -0.2) is 107 Å². The number of aromatic nitrogens is 2. The predicted octanol–water partition coefficient (Wildman–Crippen LogP) is -3.48. The molecule has 38 heavy (non-hydrogen) atoms. The van der Waals surface area contributed by atoms with E-state index in [4.69, 9.17) is 15.0 Å². The highest BCUT2D eigenvalue weighted by Crippen LogP contribution is 2.61. The Balaban J connectivity index is 1.62. The van der Waals surface area contributed by atoms with Crippen molar-refractivity contribution in [1.82, 2.24) is 9.55 Å². The number of azide groups is 1. The van der Waals surface area contributed by atoms with Gasteiger partial charge < -0.3 is 44.8 Å². The van der Waals surface area contributed by atoms with Gasteiger partial charge >= 0.3 is 21.3 Å². The summed E-state index contributed by atoms with van der Waals surface area (Å²) in [6.45, 7) is -1.64. The van der Waals surface area contributed by atoms with Crippen LogP contribution in [0.3, 0.4) is 0 Å². The number of phosphoric acid groups is 2. The Hall–Kier alpha value is -2.03. The van der Waals surface area contributed by atoms with Crippen LogP contribution in [0.5, 0.6) is 0 Å². The van der Waals surface area contributed by atoms with E-state index in [9.17, 15) is 54.0 Å². The molecule has 0 aliphatic carbocycles. The van der Waals surface area contributed by atoms with Gasteiger partial charge in [-0.3, -0.25) is 23.4 Å². The molecule has 5 unspecified atom stereocenters. The standard InChI is InChI=1S/C15H23N5O16P2/c16-19-17-3-5-8(22)10(24)12(26)14(34-5)35-38(30,31)36-37(28,29)32-4-6-9(23)11(25)13(33-6)20-2-1-7(21)18-15(20)27/h1-2,5-6,8-14,22-26H,3-4H2,(H,28,29)(H,30,31)(H,18,21,27)/t5?,6-,8-,9+,10?,11?,12+,13-,14-/m1/s1. The molecule has 0 radical (unpaired) electrons. The van der Waals surface area contributed by atoms with E-state index in [-0.39, 0.29) is 0 Å². The quantitative estimate of drug-likeness (QED) is 0.0567. The predicted molar refractivity (Wildman–Crippen MR) is 116 cm³/mol. The Morgan fingerprint density at radius 1 is 1.00 bits per heavy atom. The number of hydrogen-bond acceptors (Lipinski definition) is 15. The van der Waals surface area contributed by atoms with Crippen LogP contribution >= 0.6 is 15.6 Å². The van der Waals surface area contributed by atoms with Gasteiger partial charge in [0.1, 0.15) is 36.6 Å². The van der Waals surface area contributed by atoms with Crippen LogP contribution in [0.25, 0.3) is 10.4 Å². The van der Waals surface area contributed by atoms with Crippen LogP contribution in [0.2, 0.25) is 0 Å². The first-order valence-electron chi connectivity index (χ1n) is 10.4. The summed E-state index contributed by atoms with van der Waals surface area (Å²) >= 11 is 0. The molecule has 2 saturated heterocycles. The van der Waals surface area contributed by atoms with Crippen LogP contribution in [-0.2, 0) is 32.0 Å². The van der Waals surface area contributed by atoms with E-state index in [1.54, 1.807) is 0 Å². The third-order valence-electron chi connectivity index (χ3n) is 5.30. The average molecular weight is 591 g/mol. The molecule has 23 heteroatoms. The maximum Gasteiger partial charge on any atom is 0.483 e. The summed E-state index contributed by atoms with van der Waals surface area (Å²) < 4.78 is 48.5. The summed E-state index contributed by atoms with van der Waals surface area (Å²) in [4.78, 5) is 47.1. The number of nitrogens with one attached hydrogen (secondary N) is 1. The topological polar surface area (TPSA) is 326 Å². The molecule has 1 aromatic heterocycles. The molecular formula is C15H23N5O16P2. The summed E-state index contributed by atoms with van der Waals surface area (Å²) in [6, 6.07) is 0.924. The number of aromatic amines is 1. The molecule has 11 atom stereocenters. The smallest absolute Gasteiger partial charge is 0.388 e. The van der Waals surface area contributed by atoms with Gasteiger partial charge in [0.2, 0.25) is 0 Å². The molecule has 2 aliphatic heterocycles. The van der Waals surface area contributed by atoms with E-state index in [0.717, 1.165) is 16.8 Å². The second-order valence-corrected chi connectivity index (χ2v) is 10.9. The van der Waals surface area contributed by atoms with Gasteiger partial charge in [0.25, 0.3) is 5.56 Å². The molecule has 1 aromatic rings. The fourth-order valence-electron chi connectivity index (χ4n) is 3.47.